The molecule has 0 amide bonds. The van der Waals surface area contributed by atoms with Gasteiger partial charge in [-0.3, -0.25) is 4.98 Å². The smallest absolute Gasteiger partial charge is 0.144 e. The molecule has 47 heavy (non-hydrogen) atoms. The summed E-state index contributed by atoms with van der Waals surface area (Å²) in [7, 11) is 2.06. The maximum atomic E-state index is 11.8. The third-order valence-corrected chi connectivity index (χ3v) is 9.84. The van der Waals surface area contributed by atoms with Crippen LogP contribution in [-0.2, 0) is 30.7 Å². The molecule has 2 aromatic heterocycles. The minimum Gasteiger partial charge on any atom is -0.507 e. The van der Waals surface area contributed by atoms with Crippen LogP contribution >= 0.6 is 0 Å². The van der Waals surface area contributed by atoms with E-state index in [2.05, 4.69) is 138 Å². The molecular weight excluding hydrogens is 574 g/mol. The van der Waals surface area contributed by atoms with Gasteiger partial charge in [0.2, 0.25) is 0 Å². The number of aromatic nitrogens is 3. The summed E-state index contributed by atoms with van der Waals surface area (Å²) >= 11 is 0. The Morgan fingerprint density at radius 2 is 1.40 bits per heavy atom. The molecular formula is C43H45N3O. The SMILES string of the molecule is Cn1c(-c2cc(C(C)(C)C)cc(C(C)(C)C)c2O)nc2c(-c3cc(-c4ccccc4)cc(-c4nccc5c4CCCC5)c3)cccc21. The fourth-order valence-electron chi connectivity index (χ4n) is 7.13. The Bertz CT molecular complexity index is 2120. The van der Waals surface area contributed by atoms with Crippen molar-refractivity contribution in [3.8, 4) is 50.6 Å². The quantitative estimate of drug-likeness (QED) is 0.214. The number of aromatic hydroxyl groups is 1. The van der Waals surface area contributed by atoms with Crippen LogP contribution in [0.2, 0.25) is 0 Å². The first-order valence-electron chi connectivity index (χ1n) is 16.9. The molecule has 238 valence electrons. The average Bonchev–Trinajstić information content (AvgIpc) is 3.39. The van der Waals surface area contributed by atoms with Crippen LogP contribution < -0.4 is 0 Å². The van der Waals surface area contributed by atoms with Gasteiger partial charge in [0.25, 0.3) is 0 Å². The van der Waals surface area contributed by atoms with Gasteiger partial charge in [-0.1, -0.05) is 90.1 Å². The summed E-state index contributed by atoms with van der Waals surface area (Å²) in [5.74, 6) is 1.07. The van der Waals surface area contributed by atoms with Gasteiger partial charge in [0, 0.05) is 29.9 Å². The predicted octanol–water partition coefficient (Wildman–Crippen LogP) is 10.8. The number of rotatable bonds is 4. The number of imidazole rings is 1. The molecule has 6 aromatic rings. The lowest BCUT2D eigenvalue weighted by Crippen LogP contribution is -2.17. The molecule has 2 heterocycles. The van der Waals surface area contributed by atoms with Gasteiger partial charge in [-0.25, -0.2) is 4.98 Å². The third kappa shape index (κ3) is 5.65. The molecule has 0 unspecified atom stereocenters. The van der Waals surface area contributed by atoms with E-state index in [1.165, 1.54) is 35.1 Å². The van der Waals surface area contributed by atoms with Crippen molar-refractivity contribution in [2.24, 2.45) is 7.05 Å². The van der Waals surface area contributed by atoms with Gasteiger partial charge >= 0.3 is 0 Å². The number of para-hydroxylation sites is 1. The van der Waals surface area contributed by atoms with Crippen molar-refractivity contribution >= 4 is 11.0 Å². The zero-order valence-corrected chi connectivity index (χ0v) is 28.8. The second-order valence-electron chi connectivity index (χ2n) is 15.3. The first kappa shape index (κ1) is 30.9. The Morgan fingerprint density at radius 3 is 2.15 bits per heavy atom. The summed E-state index contributed by atoms with van der Waals surface area (Å²) in [5, 5.41) is 11.8. The Morgan fingerprint density at radius 1 is 0.681 bits per heavy atom. The molecule has 1 aliphatic rings. The molecule has 0 aliphatic heterocycles. The van der Waals surface area contributed by atoms with E-state index in [1.54, 1.807) is 0 Å². The number of phenolic OH excluding ortho intramolecular Hbond substituents is 1. The third-order valence-electron chi connectivity index (χ3n) is 9.84. The number of nitrogens with zero attached hydrogens (tertiary/aromatic N) is 3. The second kappa shape index (κ2) is 11.5. The predicted molar refractivity (Wildman–Crippen MR) is 196 cm³/mol. The van der Waals surface area contributed by atoms with Crippen molar-refractivity contribution in [1.29, 1.82) is 0 Å². The molecule has 4 aromatic carbocycles. The maximum absolute atomic E-state index is 11.8. The lowest BCUT2D eigenvalue weighted by molar-refractivity contribution is 0.446. The van der Waals surface area contributed by atoms with E-state index < -0.39 is 0 Å². The molecule has 7 rings (SSSR count). The van der Waals surface area contributed by atoms with Crippen LogP contribution in [0.3, 0.4) is 0 Å². The first-order chi connectivity index (χ1) is 22.4. The van der Waals surface area contributed by atoms with Gasteiger partial charge in [0.1, 0.15) is 11.6 Å². The van der Waals surface area contributed by atoms with Gasteiger partial charge in [0.05, 0.1) is 22.3 Å². The number of benzene rings is 4. The number of phenols is 1. The minimum atomic E-state index is -0.227. The highest BCUT2D eigenvalue weighted by molar-refractivity contribution is 5.96. The summed E-state index contributed by atoms with van der Waals surface area (Å²) in [6.07, 6.45) is 6.60. The normalized spacial score (nSPS) is 13.6. The van der Waals surface area contributed by atoms with E-state index in [9.17, 15) is 5.11 Å². The number of pyridine rings is 1. The van der Waals surface area contributed by atoms with Crippen LogP contribution in [-0.4, -0.2) is 19.6 Å². The summed E-state index contributed by atoms with van der Waals surface area (Å²) in [6.45, 7) is 13.1. The van der Waals surface area contributed by atoms with Gasteiger partial charge in [-0.15, -0.1) is 0 Å². The van der Waals surface area contributed by atoms with Crippen LogP contribution in [0.15, 0.2) is 91.1 Å². The van der Waals surface area contributed by atoms with Crippen LogP contribution in [0.1, 0.15) is 76.6 Å². The van der Waals surface area contributed by atoms with Crippen LogP contribution in [0, 0.1) is 0 Å². The van der Waals surface area contributed by atoms with Gasteiger partial charge in [-0.05, 0) is 106 Å². The molecule has 0 atom stereocenters. The Hall–Kier alpha value is -4.70. The van der Waals surface area contributed by atoms with Crippen LogP contribution in [0.5, 0.6) is 5.75 Å². The number of hydrogen-bond acceptors (Lipinski definition) is 3. The lowest BCUT2D eigenvalue weighted by atomic mass is 9.79. The molecule has 0 saturated heterocycles. The van der Waals surface area contributed by atoms with Crippen molar-refractivity contribution < 1.29 is 5.11 Å². The highest BCUT2D eigenvalue weighted by atomic mass is 16.3. The highest BCUT2D eigenvalue weighted by Crippen LogP contribution is 2.44. The minimum absolute atomic E-state index is 0.0862. The molecule has 1 N–H and O–H groups in total. The fraction of sp³-hybridized carbons (Fsp3) is 0.302. The summed E-state index contributed by atoms with van der Waals surface area (Å²) in [6, 6.07) is 30.4. The maximum Gasteiger partial charge on any atom is 0.144 e. The molecule has 4 nitrogen and oxygen atoms in total. The van der Waals surface area contributed by atoms with Crippen molar-refractivity contribution in [2.75, 3.05) is 0 Å². The van der Waals surface area contributed by atoms with Crippen molar-refractivity contribution in [3.05, 3.63) is 113 Å². The largest absolute Gasteiger partial charge is 0.507 e. The molecule has 0 saturated carbocycles. The van der Waals surface area contributed by atoms with E-state index in [0.29, 0.717) is 5.75 Å². The van der Waals surface area contributed by atoms with Crippen molar-refractivity contribution in [2.45, 2.75) is 78.1 Å². The fourth-order valence-corrected chi connectivity index (χ4v) is 7.13. The Labute approximate surface area is 279 Å². The van der Waals surface area contributed by atoms with E-state index in [-0.39, 0.29) is 10.8 Å². The highest BCUT2D eigenvalue weighted by Gasteiger charge is 2.28. The summed E-state index contributed by atoms with van der Waals surface area (Å²) < 4.78 is 2.13. The molecule has 1 aliphatic carbocycles. The van der Waals surface area contributed by atoms with Crippen molar-refractivity contribution in [3.63, 3.8) is 0 Å². The van der Waals surface area contributed by atoms with Crippen LogP contribution in [0.4, 0.5) is 0 Å². The lowest BCUT2D eigenvalue weighted by Gasteiger charge is -2.27. The van der Waals surface area contributed by atoms with Crippen LogP contribution in [0.25, 0.3) is 55.9 Å². The van der Waals surface area contributed by atoms with Crippen molar-refractivity contribution in [1.82, 2.24) is 14.5 Å². The molecule has 0 spiro atoms. The summed E-state index contributed by atoms with van der Waals surface area (Å²) in [5.41, 5.74) is 14.1. The Balaban J connectivity index is 1.46. The van der Waals surface area contributed by atoms with E-state index in [4.69, 9.17) is 9.97 Å². The zero-order valence-electron chi connectivity index (χ0n) is 28.8. The van der Waals surface area contributed by atoms with Gasteiger partial charge in [0.15, 0.2) is 0 Å². The van der Waals surface area contributed by atoms with E-state index >= 15 is 0 Å². The topological polar surface area (TPSA) is 50.9 Å². The molecule has 0 radical (unpaired) electrons. The molecule has 0 fully saturated rings. The summed E-state index contributed by atoms with van der Waals surface area (Å²) in [4.78, 5) is 10.3. The van der Waals surface area contributed by atoms with E-state index in [1.807, 2.05) is 6.20 Å². The standard InChI is InChI=1S/C43H45N3O/c1-42(2,3)32-25-35(40(47)36(26-32)43(4,5)6)41-45-39-34(18-13-19-37(39)46(41)7)30-22-29(27-14-9-8-10-15-27)23-31(24-30)38-33-17-12-11-16-28(33)20-21-44-38/h8-10,13-15,18-26,47H,11-12,16-17H2,1-7H3. The second-order valence-corrected chi connectivity index (χ2v) is 15.3. The number of hydrogen-bond donors (Lipinski definition) is 1. The average molecular weight is 620 g/mol. The van der Waals surface area contributed by atoms with Gasteiger partial charge < -0.3 is 9.67 Å². The van der Waals surface area contributed by atoms with Gasteiger partial charge in [-0.2, -0.15) is 0 Å². The molecule has 4 heteroatoms. The molecule has 0 bridgehead atoms. The number of fused-ring (bicyclic) bond motifs is 2. The monoisotopic (exact) mass is 619 g/mol. The van der Waals surface area contributed by atoms with E-state index in [0.717, 1.165) is 68.8 Å². The Kier molecular flexibility index (Phi) is 7.58. The number of aryl methyl sites for hydroxylation is 2. The first-order valence-corrected chi connectivity index (χ1v) is 16.9. The zero-order chi connectivity index (χ0) is 33.1.